The Balaban J connectivity index is 2.39. The van der Waals surface area contributed by atoms with Gasteiger partial charge in [0.1, 0.15) is 17.5 Å². The van der Waals surface area contributed by atoms with Crippen LogP contribution >= 0.6 is 15.9 Å². The molecule has 0 aliphatic carbocycles. The normalized spacial score (nSPS) is 10.2. The van der Waals surface area contributed by atoms with Crippen LogP contribution in [-0.4, -0.2) is 9.91 Å². The van der Waals surface area contributed by atoms with Gasteiger partial charge in [-0.15, -0.1) is 0 Å². The van der Waals surface area contributed by atoms with Crippen LogP contribution < -0.4 is 16.6 Å². The molecule has 0 bridgehead atoms. The minimum absolute atomic E-state index is 0.120. The number of aromatic nitrogens is 1. The summed E-state index contributed by atoms with van der Waals surface area (Å²) in [6.07, 6.45) is 0. The SMILES string of the molecule is NNc1cc([N+](=O)[O-])cc(Nc2cc(F)ccc2Br)n1. The van der Waals surface area contributed by atoms with E-state index in [4.69, 9.17) is 5.84 Å². The Morgan fingerprint density at radius 2 is 2.00 bits per heavy atom. The van der Waals surface area contributed by atoms with E-state index in [0.29, 0.717) is 10.2 Å². The van der Waals surface area contributed by atoms with E-state index in [1.54, 1.807) is 0 Å². The van der Waals surface area contributed by atoms with Crippen molar-refractivity contribution in [3.05, 3.63) is 50.7 Å². The van der Waals surface area contributed by atoms with Crippen molar-refractivity contribution in [1.82, 2.24) is 4.98 Å². The molecule has 4 N–H and O–H groups in total. The fourth-order valence-corrected chi connectivity index (χ4v) is 1.84. The maximum Gasteiger partial charge on any atom is 0.276 e. The third kappa shape index (κ3) is 3.19. The number of nitro groups is 1. The van der Waals surface area contributed by atoms with Gasteiger partial charge in [0.2, 0.25) is 0 Å². The maximum absolute atomic E-state index is 13.2. The average Bonchev–Trinajstić information content (AvgIpc) is 2.42. The molecule has 0 saturated carbocycles. The number of benzene rings is 1. The number of nitrogens with one attached hydrogen (secondary N) is 2. The molecule has 1 aromatic heterocycles. The number of nitrogen functional groups attached to an aromatic ring is 1. The molecule has 7 nitrogen and oxygen atoms in total. The first-order chi connectivity index (χ1) is 9.49. The summed E-state index contributed by atoms with van der Waals surface area (Å²) in [5.41, 5.74) is 2.43. The minimum atomic E-state index is -0.575. The molecule has 0 atom stereocenters. The number of hydrogen-bond acceptors (Lipinski definition) is 6. The maximum atomic E-state index is 13.2. The molecular weight excluding hydrogens is 333 g/mol. The number of pyridine rings is 1. The van der Waals surface area contributed by atoms with Gasteiger partial charge in [-0.2, -0.15) is 0 Å². The topological polar surface area (TPSA) is 106 Å². The van der Waals surface area contributed by atoms with Crippen molar-refractivity contribution in [1.29, 1.82) is 0 Å². The molecule has 2 aromatic rings. The largest absolute Gasteiger partial charge is 0.339 e. The van der Waals surface area contributed by atoms with Crippen LogP contribution in [0.15, 0.2) is 34.8 Å². The highest BCUT2D eigenvalue weighted by molar-refractivity contribution is 9.10. The second kappa shape index (κ2) is 5.80. The highest BCUT2D eigenvalue weighted by atomic mass is 79.9. The zero-order chi connectivity index (χ0) is 14.7. The van der Waals surface area contributed by atoms with Crippen molar-refractivity contribution in [2.24, 2.45) is 5.84 Å². The minimum Gasteiger partial charge on any atom is -0.339 e. The lowest BCUT2D eigenvalue weighted by Crippen LogP contribution is -2.10. The quantitative estimate of drug-likeness (QED) is 0.448. The molecule has 0 aliphatic rings. The Morgan fingerprint density at radius 3 is 2.65 bits per heavy atom. The van der Waals surface area contributed by atoms with E-state index >= 15 is 0 Å². The molecular formula is C11H9BrFN5O2. The van der Waals surface area contributed by atoms with Crippen LogP contribution in [0.3, 0.4) is 0 Å². The van der Waals surface area contributed by atoms with Crippen molar-refractivity contribution in [3.63, 3.8) is 0 Å². The third-order valence-electron chi connectivity index (χ3n) is 2.36. The molecule has 0 unspecified atom stereocenters. The van der Waals surface area contributed by atoms with Crippen LogP contribution in [0.4, 0.5) is 27.4 Å². The van der Waals surface area contributed by atoms with Gasteiger partial charge in [-0.3, -0.25) is 10.1 Å². The van der Waals surface area contributed by atoms with E-state index in [-0.39, 0.29) is 17.3 Å². The molecule has 0 amide bonds. The summed E-state index contributed by atoms with van der Waals surface area (Å²) in [4.78, 5) is 14.2. The lowest BCUT2D eigenvalue weighted by atomic mass is 10.3. The van der Waals surface area contributed by atoms with Gasteiger partial charge in [-0.05, 0) is 34.1 Å². The van der Waals surface area contributed by atoms with Crippen molar-refractivity contribution < 1.29 is 9.31 Å². The molecule has 104 valence electrons. The Morgan fingerprint density at radius 1 is 1.30 bits per heavy atom. The fraction of sp³-hybridized carbons (Fsp3) is 0. The van der Waals surface area contributed by atoms with Gasteiger partial charge < -0.3 is 10.7 Å². The molecule has 20 heavy (non-hydrogen) atoms. The highest BCUT2D eigenvalue weighted by Crippen LogP contribution is 2.28. The standard InChI is InChI=1S/C11H9BrFN5O2/c12-8-2-1-6(13)3-9(8)15-10-4-7(18(19)20)5-11(16-10)17-14/h1-5H,14H2,(H2,15,16,17). The van der Waals surface area contributed by atoms with Crippen LogP contribution in [0.1, 0.15) is 0 Å². The Kier molecular flexibility index (Phi) is 4.11. The van der Waals surface area contributed by atoms with Crippen molar-refractivity contribution in [2.45, 2.75) is 0 Å². The molecule has 0 fully saturated rings. The van der Waals surface area contributed by atoms with E-state index in [0.717, 1.165) is 0 Å². The van der Waals surface area contributed by atoms with Gasteiger partial charge in [0, 0.05) is 4.47 Å². The van der Waals surface area contributed by atoms with Crippen molar-refractivity contribution >= 4 is 38.9 Å². The number of halogens is 2. The van der Waals surface area contributed by atoms with E-state index < -0.39 is 10.7 Å². The second-order valence-corrected chi connectivity index (χ2v) is 4.60. The molecule has 1 aromatic carbocycles. The number of rotatable bonds is 4. The number of nitrogens with zero attached hydrogens (tertiary/aromatic N) is 2. The van der Waals surface area contributed by atoms with E-state index in [2.05, 4.69) is 31.7 Å². The van der Waals surface area contributed by atoms with Gasteiger partial charge in [0.05, 0.1) is 22.7 Å². The first-order valence-electron chi connectivity index (χ1n) is 5.35. The van der Waals surface area contributed by atoms with Crippen LogP contribution in [0, 0.1) is 15.9 Å². The summed E-state index contributed by atoms with van der Waals surface area (Å²) in [5.74, 6) is 5.04. The smallest absolute Gasteiger partial charge is 0.276 e. The van der Waals surface area contributed by atoms with Crippen LogP contribution in [0.25, 0.3) is 0 Å². The zero-order valence-corrected chi connectivity index (χ0v) is 11.5. The number of anilines is 3. The van der Waals surface area contributed by atoms with Gasteiger partial charge in [0.15, 0.2) is 0 Å². The summed E-state index contributed by atoms with van der Waals surface area (Å²) in [5, 5.41) is 13.6. The van der Waals surface area contributed by atoms with E-state index in [1.807, 2.05) is 0 Å². The van der Waals surface area contributed by atoms with E-state index in [9.17, 15) is 14.5 Å². The Bertz CT molecular complexity index is 667. The predicted octanol–water partition coefficient (Wildman–Crippen LogP) is 2.92. The zero-order valence-electron chi connectivity index (χ0n) is 9.93. The summed E-state index contributed by atoms with van der Waals surface area (Å²) < 4.78 is 13.8. The van der Waals surface area contributed by atoms with Gasteiger partial charge in [-0.1, -0.05) is 0 Å². The number of nitrogens with two attached hydrogens (primary N) is 1. The summed E-state index contributed by atoms with van der Waals surface area (Å²) in [6.45, 7) is 0. The number of hydrogen-bond donors (Lipinski definition) is 3. The van der Waals surface area contributed by atoms with Crippen LogP contribution in [0.2, 0.25) is 0 Å². The first-order valence-corrected chi connectivity index (χ1v) is 6.14. The van der Waals surface area contributed by atoms with Gasteiger partial charge in [-0.25, -0.2) is 15.2 Å². The van der Waals surface area contributed by atoms with Crippen molar-refractivity contribution in [2.75, 3.05) is 10.7 Å². The second-order valence-electron chi connectivity index (χ2n) is 3.75. The monoisotopic (exact) mass is 341 g/mol. The molecule has 9 heteroatoms. The van der Waals surface area contributed by atoms with Crippen LogP contribution in [-0.2, 0) is 0 Å². The molecule has 1 heterocycles. The Labute approximate surface area is 121 Å². The summed E-state index contributed by atoms with van der Waals surface area (Å²) >= 11 is 3.24. The highest BCUT2D eigenvalue weighted by Gasteiger charge is 2.12. The molecule has 0 spiro atoms. The van der Waals surface area contributed by atoms with Crippen LogP contribution in [0.5, 0.6) is 0 Å². The van der Waals surface area contributed by atoms with E-state index in [1.165, 1.54) is 30.3 Å². The lowest BCUT2D eigenvalue weighted by Gasteiger charge is -2.09. The number of hydrazine groups is 1. The molecule has 2 rings (SSSR count). The van der Waals surface area contributed by atoms with Gasteiger partial charge >= 0.3 is 0 Å². The molecule has 0 saturated heterocycles. The van der Waals surface area contributed by atoms with Crippen molar-refractivity contribution in [3.8, 4) is 0 Å². The van der Waals surface area contributed by atoms with Gasteiger partial charge in [0.25, 0.3) is 5.69 Å². The predicted molar refractivity (Wildman–Crippen MR) is 76.1 cm³/mol. The molecule has 0 aliphatic heterocycles. The summed E-state index contributed by atoms with van der Waals surface area (Å²) in [7, 11) is 0. The molecule has 0 radical (unpaired) electrons. The summed E-state index contributed by atoms with van der Waals surface area (Å²) in [6, 6.07) is 6.43. The Hall–Kier alpha value is -2.26. The first kappa shape index (κ1) is 14.2. The fourth-order valence-electron chi connectivity index (χ4n) is 1.49. The third-order valence-corrected chi connectivity index (χ3v) is 3.05. The lowest BCUT2D eigenvalue weighted by molar-refractivity contribution is -0.384. The average molecular weight is 342 g/mol.